The molecule has 0 saturated heterocycles. The molecule has 2 saturated carbocycles. The van der Waals surface area contributed by atoms with Crippen LogP contribution in [0.5, 0.6) is 0 Å². The van der Waals surface area contributed by atoms with Crippen LogP contribution in [0, 0.1) is 11.3 Å². The minimum absolute atomic E-state index is 0.322. The number of rotatable bonds is 2. The predicted octanol–water partition coefficient (Wildman–Crippen LogP) is 5.92. The quantitative estimate of drug-likeness (QED) is 0.453. The van der Waals surface area contributed by atoms with Crippen molar-refractivity contribution >= 4 is 8.32 Å². The zero-order valence-corrected chi connectivity index (χ0v) is 15.7. The molecule has 2 heteroatoms. The molecule has 0 radical (unpaired) electrons. The van der Waals surface area contributed by atoms with Gasteiger partial charge in [-0.2, -0.15) is 0 Å². The van der Waals surface area contributed by atoms with Gasteiger partial charge in [-0.25, -0.2) is 0 Å². The maximum atomic E-state index is 6.83. The summed E-state index contributed by atoms with van der Waals surface area (Å²) >= 11 is 0. The molecule has 20 heavy (non-hydrogen) atoms. The minimum atomic E-state index is -1.64. The van der Waals surface area contributed by atoms with Gasteiger partial charge in [0.1, 0.15) is 0 Å². The molecule has 2 aliphatic rings. The highest BCUT2D eigenvalue weighted by atomic mass is 28.4. The average Bonchev–Trinajstić information content (AvgIpc) is 2.64. The lowest BCUT2D eigenvalue weighted by Gasteiger charge is -2.47. The molecular weight excluding hydrogens is 260 g/mol. The zero-order chi connectivity index (χ0) is 15.2. The Morgan fingerprint density at radius 1 is 1.25 bits per heavy atom. The molecule has 0 bridgehead atoms. The van der Waals surface area contributed by atoms with Crippen LogP contribution >= 0.6 is 0 Å². The van der Waals surface area contributed by atoms with Gasteiger partial charge in [-0.15, -0.1) is 0 Å². The first-order chi connectivity index (χ1) is 9.12. The first-order valence-electron chi connectivity index (χ1n) is 8.45. The molecule has 2 rings (SSSR count). The monoisotopic (exact) mass is 294 g/mol. The summed E-state index contributed by atoms with van der Waals surface area (Å²) in [7, 11) is -1.64. The Morgan fingerprint density at radius 3 is 2.45 bits per heavy atom. The summed E-state index contributed by atoms with van der Waals surface area (Å²) in [6.45, 7) is 16.6. The van der Waals surface area contributed by atoms with Crippen molar-refractivity contribution in [2.45, 2.75) is 91.0 Å². The van der Waals surface area contributed by atoms with Crippen LogP contribution < -0.4 is 0 Å². The fraction of sp³-hybridized carbons (Fsp3) is 0.889. The third kappa shape index (κ3) is 2.66. The van der Waals surface area contributed by atoms with Crippen LogP contribution in [0.15, 0.2) is 11.6 Å². The lowest BCUT2D eigenvalue weighted by atomic mass is 9.66. The molecule has 0 unspecified atom stereocenters. The topological polar surface area (TPSA) is 9.23 Å². The fourth-order valence-corrected chi connectivity index (χ4v) is 5.53. The smallest absolute Gasteiger partial charge is 0.192 e. The van der Waals surface area contributed by atoms with Crippen molar-refractivity contribution in [2.75, 3.05) is 0 Å². The molecule has 2 fully saturated rings. The van der Waals surface area contributed by atoms with Crippen LogP contribution in [-0.2, 0) is 4.43 Å². The molecule has 0 amide bonds. The van der Waals surface area contributed by atoms with E-state index >= 15 is 0 Å². The summed E-state index contributed by atoms with van der Waals surface area (Å²) in [5.41, 5.74) is 2.13. The van der Waals surface area contributed by atoms with Gasteiger partial charge in [-0.1, -0.05) is 45.8 Å². The Labute approximate surface area is 127 Å². The van der Waals surface area contributed by atoms with Gasteiger partial charge >= 0.3 is 0 Å². The van der Waals surface area contributed by atoms with E-state index in [1.165, 1.54) is 32.1 Å². The van der Waals surface area contributed by atoms with E-state index in [4.69, 9.17) is 4.43 Å². The molecule has 2 aliphatic carbocycles. The van der Waals surface area contributed by atoms with Crippen LogP contribution in [0.25, 0.3) is 0 Å². The number of hydrogen-bond donors (Lipinski definition) is 0. The number of allylic oxidation sites excluding steroid dienone is 2. The number of fused-ring (bicyclic) bond motifs is 1. The molecule has 0 aromatic carbocycles. The predicted molar refractivity (Wildman–Crippen MR) is 90.5 cm³/mol. The van der Waals surface area contributed by atoms with Crippen molar-refractivity contribution in [3.8, 4) is 0 Å². The van der Waals surface area contributed by atoms with E-state index in [1.54, 1.807) is 5.57 Å². The fourth-order valence-electron chi connectivity index (χ4n) is 4.14. The summed E-state index contributed by atoms with van der Waals surface area (Å²) in [5, 5.41) is 0.322. The highest BCUT2D eigenvalue weighted by molar-refractivity contribution is 6.74. The van der Waals surface area contributed by atoms with E-state index in [0.717, 1.165) is 5.92 Å². The Hall–Kier alpha value is -0.0831. The minimum Gasteiger partial charge on any atom is -0.414 e. The highest BCUT2D eigenvalue weighted by Gasteiger charge is 2.50. The largest absolute Gasteiger partial charge is 0.414 e. The van der Waals surface area contributed by atoms with Crippen molar-refractivity contribution in [3.63, 3.8) is 0 Å². The van der Waals surface area contributed by atoms with E-state index in [0.29, 0.717) is 16.6 Å². The Morgan fingerprint density at radius 2 is 1.90 bits per heavy atom. The lowest BCUT2D eigenvalue weighted by Crippen LogP contribution is -2.49. The summed E-state index contributed by atoms with van der Waals surface area (Å²) < 4.78 is 6.83. The van der Waals surface area contributed by atoms with Crippen molar-refractivity contribution in [1.82, 2.24) is 0 Å². The summed E-state index contributed by atoms with van der Waals surface area (Å²) in [6.07, 6.45) is 9.52. The first-order valence-corrected chi connectivity index (χ1v) is 11.4. The molecule has 0 aromatic rings. The first kappa shape index (κ1) is 16.3. The second kappa shape index (κ2) is 5.28. The van der Waals surface area contributed by atoms with E-state index in [1.807, 2.05) is 0 Å². The maximum absolute atomic E-state index is 6.83. The highest BCUT2D eigenvalue weighted by Crippen LogP contribution is 2.56. The molecular formula is C18H34OSi. The summed E-state index contributed by atoms with van der Waals surface area (Å²) in [6, 6.07) is 0. The number of hydrogen-bond acceptors (Lipinski definition) is 1. The van der Waals surface area contributed by atoms with Crippen LogP contribution in [0.1, 0.15) is 66.7 Å². The molecule has 0 aromatic heterocycles. The van der Waals surface area contributed by atoms with Crippen LogP contribution in [0.3, 0.4) is 0 Å². The maximum Gasteiger partial charge on any atom is 0.192 e. The Bertz CT molecular complexity index is 391. The molecule has 116 valence electrons. The second-order valence-electron chi connectivity index (χ2n) is 8.69. The van der Waals surface area contributed by atoms with Crippen LogP contribution in [0.2, 0.25) is 18.1 Å². The van der Waals surface area contributed by atoms with Crippen molar-refractivity contribution < 1.29 is 4.43 Å². The van der Waals surface area contributed by atoms with Crippen LogP contribution in [-0.4, -0.2) is 14.4 Å². The second-order valence-corrected chi connectivity index (χ2v) is 13.4. The molecule has 0 N–H and O–H groups in total. The van der Waals surface area contributed by atoms with Gasteiger partial charge in [-0.05, 0) is 62.1 Å². The van der Waals surface area contributed by atoms with Gasteiger partial charge in [-0.3, -0.25) is 0 Å². The van der Waals surface area contributed by atoms with Gasteiger partial charge in [0.15, 0.2) is 8.32 Å². The van der Waals surface area contributed by atoms with E-state index in [-0.39, 0.29) is 0 Å². The molecule has 3 atom stereocenters. The molecule has 0 spiro atoms. The van der Waals surface area contributed by atoms with Crippen molar-refractivity contribution in [2.24, 2.45) is 11.3 Å². The Kier molecular flexibility index (Phi) is 4.30. The van der Waals surface area contributed by atoms with Crippen molar-refractivity contribution in [3.05, 3.63) is 11.6 Å². The van der Waals surface area contributed by atoms with E-state index in [9.17, 15) is 0 Å². The normalized spacial score (nSPS) is 37.2. The van der Waals surface area contributed by atoms with Gasteiger partial charge in [0.05, 0.1) is 0 Å². The Balaban J connectivity index is 2.19. The zero-order valence-electron chi connectivity index (χ0n) is 14.7. The van der Waals surface area contributed by atoms with Crippen molar-refractivity contribution in [1.29, 1.82) is 0 Å². The van der Waals surface area contributed by atoms with Gasteiger partial charge in [0.2, 0.25) is 0 Å². The standard InChI is InChI=1S/C18H34OSi/c1-8-14-11-12-15-16(10-9-13-18(14,15)5)19-20(6,7)17(2,3)4/h8,15-16H,9-13H2,1-7H3/t15-,16-,18+/m0/s1. The van der Waals surface area contributed by atoms with Gasteiger partial charge in [0.25, 0.3) is 0 Å². The average molecular weight is 295 g/mol. The van der Waals surface area contributed by atoms with E-state index in [2.05, 4.69) is 53.8 Å². The SMILES string of the molecule is CC=C1CC[C@H]2[C@@H](O[Si](C)(C)C(C)(C)C)CCC[C@]12C. The molecule has 1 nitrogen and oxygen atoms in total. The van der Waals surface area contributed by atoms with E-state index < -0.39 is 8.32 Å². The summed E-state index contributed by atoms with van der Waals surface area (Å²) in [5.74, 6) is 0.761. The van der Waals surface area contributed by atoms with Gasteiger partial charge in [0, 0.05) is 6.10 Å². The third-order valence-electron chi connectivity index (χ3n) is 6.51. The van der Waals surface area contributed by atoms with Gasteiger partial charge < -0.3 is 4.43 Å². The van der Waals surface area contributed by atoms with Crippen LogP contribution in [0.4, 0.5) is 0 Å². The summed E-state index contributed by atoms with van der Waals surface area (Å²) in [4.78, 5) is 0. The lowest BCUT2D eigenvalue weighted by molar-refractivity contribution is 0.0233. The molecule has 0 heterocycles. The molecule has 0 aliphatic heterocycles. The third-order valence-corrected chi connectivity index (χ3v) is 11.0.